The Hall–Kier alpha value is -1.06. The van der Waals surface area contributed by atoms with Gasteiger partial charge in [0.15, 0.2) is 0 Å². The molecule has 0 aliphatic rings. The lowest BCUT2D eigenvalue weighted by atomic mass is 10.2. The fraction of sp³-hybridized carbons (Fsp3) is 0.571. The molecule has 0 atom stereocenters. The summed E-state index contributed by atoms with van der Waals surface area (Å²) in [6.45, 7) is 6.09. The Kier molecular flexibility index (Phi) is 6.01. The van der Waals surface area contributed by atoms with Crippen molar-refractivity contribution in [3.05, 3.63) is 29.8 Å². The Bertz CT molecular complexity index is 323. The van der Waals surface area contributed by atoms with Crippen LogP contribution in [0.25, 0.3) is 0 Å². The number of rotatable bonds is 7. The van der Waals surface area contributed by atoms with Crippen LogP contribution in [0.2, 0.25) is 0 Å². The molecule has 0 fully saturated rings. The Morgan fingerprint density at radius 1 is 1.18 bits per heavy atom. The van der Waals surface area contributed by atoms with Crippen LogP contribution >= 0.6 is 0 Å². The second-order valence-electron chi connectivity index (χ2n) is 4.61. The van der Waals surface area contributed by atoms with Crippen molar-refractivity contribution in [3.63, 3.8) is 0 Å². The number of nitrogens with zero attached hydrogens (tertiary/aromatic N) is 2. The van der Waals surface area contributed by atoms with Crippen molar-refractivity contribution in [1.29, 1.82) is 0 Å². The quantitative estimate of drug-likeness (QED) is 0.784. The number of nitrogens with two attached hydrogens (primary N) is 1. The molecule has 0 aliphatic carbocycles. The van der Waals surface area contributed by atoms with E-state index in [1.807, 2.05) is 0 Å². The number of hydrogen-bond donors (Lipinski definition) is 1. The highest BCUT2D eigenvalue weighted by molar-refractivity contribution is 5.48. The molecular formula is C14H25N3. The first-order valence-electron chi connectivity index (χ1n) is 6.36. The minimum absolute atomic E-state index is 0.614. The van der Waals surface area contributed by atoms with E-state index < -0.39 is 0 Å². The third-order valence-electron chi connectivity index (χ3n) is 2.93. The first kappa shape index (κ1) is 14.0. The zero-order chi connectivity index (χ0) is 12.7. The molecule has 1 aromatic carbocycles. The summed E-state index contributed by atoms with van der Waals surface area (Å²) in [5.74, 6) is 0. The van der Waals surface area contributed by atoms with Crippen LogP contribution in [-0.4, -0.2) is 38.6 Å². The molecule has 0 unspecified atom stereocenters. The second-order valence-corrected chi connectivity index (χ2v) is 4.61. The van der Waals surface area contributed by atoms with Crippen molar-refractivity contribution in [2.45, 2.75) is 19.9 Å². The van der Waals surface area contributed by atoms with Gasteiger partial charge in [0.25, 0.3) is 0 Å². The Labute approximate surface area is 105 Å². The summed E-state index contributed by atoms with van der Waals surface area (Å²) in [7, 11) is 4.23. The highest BCUT2D eigenvalue weighted by atomic mass is 15.1. The van der Waals surface area contributed by atoms with Gasteiger partial charge in [-0.05, 0) is 51.7 Å². The molecule has 0 heterocycles. The van der Waals surface area contributed by atoms with E-state index in [1.165, 1.54) is 17.7 Å². The zero-order valence-corrected chi connectivity index (χ0v) is 11.3. The maximum Gasteiger partial charge on any atom is 0.0369 e. The molecule has 0 aliphatic heterocycles. The smallest absolute Gasteiger partial charge is 0.0369 e. The zero-order valence-electron chi connectivity index (χ0n) is 11.3. The van der Waals surface area contributed by atoms with Crippen molar-refractivity contribution in [2.75, 3.05) is 38.6 Å². The van der Waals surface area contributed by atoms with Crippen LogP contribution in [0.1, 0.15) is 18.9 Å². The molecule has 96 valence electrons. The number of hydrogen-bond acceptors (Lipinski definition) is 3. The van der Waals surface area contributed by atoms with E-state index in [1.54, 1.807) is 0 Å². The van der Waals surface area contributed by atoms with E-state index in [0.717, 1.165) is 19.6 Å². The second kappa shape index (κ2) is 7.30. The fourth-order valence-corrected chi connectivity index (χ4v) is 1.93. The molecule has 0 saturated carbocycles. The van der Waals surface area contributed by atoms with Crippen molar-refractivity contribution in [2.24, 2.45) is 5.73 Å². The number of benzene rings is 1. The minimum Gasteiger partial charge on any atom is -0.372 e. The first-order valence-corrected chi connectivity index (χ1v) is 6.36. The van der Waals surface area contributed by atoms with Crippen molar-refractivity contribution < 1.29 is 0 Å². The van der Waals surface area contributed by atoms with Gasteiger partial charge >= 0.3 is 0 Å². The molecule has 17 heavy (non-hydrogen) atoms. The van der Waals surface area contributed by atoms with Crippen LogP contribution in [0.5, 0.6) is 0 Å². The summed E-state index contributed by atoms with van der Waals surface area (Å²) in [5.41, 5.74) is 8.16. The predicted octanol–water partition coefficient (Wildman–Crippen LogP) is 1.92. The van der Waals surface area contributed by atoms with Gasteiger partial charge in [-0.2, -0.15) is 0 Å². The Morgan fingerprint density at radius 2 is 1.94 bits per heavy atom. The topological polar surface area (TPSA) is 32.5 Å². The van der Waals surface area contributed by atoms with Crippen LogP contribution in [0.15, 0.2) is 24.3 Å². The minimum atomic E-state index is 0.614. The van der Waals surface area contributed by atoms with Crippen LogP contribution in [0.4, 0.5) is 5.69 Å². The van der Waals surface area contributed by atoms with E-state index >= 15 is 0 Å². The monoisotopic (exact) mass is 235 g/mol. The summed E-state index contributed by atoms with van der Waals surface area (Å²) in [6, 6.07) is 8.53. The van der Waals surface area contributed by atoms with E-state index in [-0.39, 0.29) is 0 Å². The van der Waals surface area contributed by atoms with Crippen LogP contribution in [-0.2, 0) is 6.54 Å². The van der Waals surface area contributed by atoms with E-state index in [0.29, 0.717) is 6.54 Å². The molecule has 1 rings (SSSR count). The lowest BCUT2D eigenvalue weighted by molar-refractivity contribution is 0.400. The predicted molar refractivity (Wildman–Crippen MR) is 75.4 cm³/mol. The van der Waals surface area contributed by atoms with E-state index in [4.69, 9.17) is 5.73 Å². The summed E-state index contributed by atoms with van der Waals surface area (Å²) in [5, 5.41) is 0. The largest absolute Gasteiger partial charge is 0.372 e. The van der Waals surface area contributed by atoms with Gasteiger partial charge in [0, 0.05) is 25.3 Å². The third-order valence-corrected chi connectivity index (χ3v) is 2.93. The Morgan fingerprint density at radius 3 is 2.53 bits per heavy atom. The van der Waals surface area contributed by atoms with Gasteiger partial charge in [0.05, 0.1) is 0 Å². The van der Waals surface area contributed by atoms with Crippen molar-refractivity contribution >= 4 is 5.69 Å². The van der Waals surface area contributed by atoms with Crippen LogP contribution in [0, 0.1) is 0 Å². The summed E-state index contributed by atoms with van der Waals surface area (Å²) < 4.78 is 0. The maximum atomic E-state index is 5.67. The molecule has 0 radical (unpaired) electrons. The normalized spacial score (nSPS) is 10.9. The SMILES string of the molecule is CCN(CCCN(C)C)c1cccc(CN)c1. The summed E-state index contributed by atoms with van der Waals surface area (Å²) >= 11 is 0. The van der Waals surface area contributed by atoms with Crippen molar-refractivity contribution in [3.8, 4) is 0 Å². The van der Waals surface area contributed by atoms with Gasteiger partial charge in [-0.1, -0.05) is 12.1 Å². The third kappa shape index (κ3) is 4.75. The van der Waals surface area contributed by atoms with E-state index in [9.17, 15) is 0 Å². The molecule has 0 saturated heterocycles. The standard InChI is InChI=1S/C14H25N3/c1-4-17(10-6-9-16(2)3)14-8-5-7-13(11-14)12-15/h5,7-8,11H,4,6,9-10,12,15H2,1-3H3. The summed E-state index contributed by atoms with van der Waals surface area (Å²) in [6.07, 6.45) is 1.19. The molecular weight excluding hydrogens is 210 g/mol. The first-order chi connectivity index (χ1) is 8.17. The van der Waals surface area contributed by atoms with Crippen molar-refractivity contribution in [1.82, 2.24) is 4.90 Å². The molecule has 3 heteroatoms. The van der Waals surface area contributed by atoms with Gasteiger partial charge < -0.3 is 15.5 Å². The highest BCUT2D eigenvalue weighted by Crippen LogP contribution is 2.16. The van der Waals surface area contributed by atoms with Crippen LogP contribution < -0.4 is 10.6 Å². The lowest BCUT2D eigenvalue weighted by Gasteiger charge is -2.24. The van der Waals surface area contributed by atoms with Gasteiger partial charge in [-0.25, -0.2) is 0 Å². The molecule has 0 aromatic heterocycles. The molecule has 0 spiro atoms. The molecule has 2 N–H and O–H groups in total. The number of anilines is 1. The molecule has 1 aromatic rings. The average Bonchev–Trinajstić information content (AvgIpc) is 2.34. The lowest BCUT2D eigenvalue weighted by Crippen LogP contribution is -2.27. The van der Waals surface area contributed by atoms with E-state index in [2.05, 4.69) is 55.1 Å². The highest BCUT2D eigenvalue weighted by Gasteiger charge is 2.04. The maximum absolute atomic E-state index is 5.67. The molecule has 3 nitrogen and oxygen atoms in total. The van der Waals surface area contributed by atoms with Crippen LogP contribution in [0.3, 0.4) is 0 Å². The van der Waals surface area contributed by atoms with Gasteiger partial charge in [0.1, 0.15) is 0 Å². The Balaban J connectivity index is 2.59. The molecule has 0 amide bonds. The van der Waals surface area contributed by atoms with Gasteiger partial charge in [-0.15, -0.1) is 0 Å². The summed E-state index contributed by atoms with van der Waals surface area (Å²) in [4.78, 5) is 4.63. The average molecular weight is 235 g/mol. The fourth-order valence-electron chi connectivity index (χ4n) is 1.93. The van der Waals surface area contributed by atoms with Gasteiger partial charge in [-0.3, -0.25) is 0 Å². The molecule has 0 bridgehead atoms. The van der Waals surface area contributed by atoms with Gasteiger partial charge in [0.2, 0.25) is 0 Å².